The minimum absolute atomic E-state index is 0.184. The van der Waals surface area contributed by atoms with Gasteiger partial charge in [-0.05, 0) is 54.0 Å². The number of terminal acetylenes is 1. The maximum atomic E-state index is 9.82. The predicted octanol–water partition coefficient (Wildman–Crippen LogP) is 2.94. The molecule has 0 saturated carbocycles. The van der Waals surface area contributed by atoms with Gasteiger partial charge in [0.2, 0.25) is 0 Å². The molecule has 1 aliphatic carbocycles. The normalized spacial score (nSPS) is 32.5. The van der Waals surface area contributed by atoms with Crippen LogP contribution in [-0.2, 0) is 11.8 Å². The summed E-state index contributed by atoms with van der Waals surface area (Å²) in [7, 11) is 0. The fourth-order valence-corrected chi connectivity index (χ4v) is 4.18. The molecule has 2 heteroatoms. The summed E-state index contributed by atoms with van der Waals surface area (Å²) in [4.78, 5) is 2.57. The van der Waals surface area contributed by atoms with Gasteiger partial charge in [0, 0.05) is 19.0 Å². The molecule has 0 radical (unpaired) electrons. The van der Waals surface area contributed by atoms with E-state index in [1.807, 2.05) is 12.1 Å². The summed E-state index contributed by atoms with van der Waals surface area (Å²) in [5, 5.41) is 9.82. The van der Waals surface area contributed by atoms with Crippen LogP contribution in [0, 0.1) is 18.3 Å². The molecule has 0 aromatic heterocycles. The standard InChI is InChI=1S/C18H23NO/c1-4-5-9-19-10-8-18(3)13(2)17(19)11-14-6-7-15(20)12-16(14)18/h1,6-7,12-13,17,20H,5,8-11H2,2-3H3/t13?,17?,18-/m0/s1. The molecular formula is C18H23NO. The van der Waals surface area contributed by atoms with E-state index in [2.05, 4.69) is 30.7 Å². The average molecular weight is 269 g/mol. The molecule has 1 saturated heterocycles. The van der Waals surface area contributed by atoms with Crippen molar-refractivity contribution in [3.63, 3.8) is 0 Å². The molecule has 1 heterocycles. The second-order valence-corrected chi connectivity index (χ2v) is 6.56. The van der Waals surface area contributed by atoms with Gasteiger partial charge in [-0.25, -0.2) is 0 Å². The van der Waals surface area contributed by atoms with Crippen LogP contribution in [0.4, 0.5) is 0 Å². The Kier molecular flexibility index (Phi) is 3.26. The quantitative estimate of drug-likeness (QED) is 0.834. The monoisotopic (exact) mass is 269 g/mol. The molecule has 1 aromatic rings. The molecule has 106 valence electrons. The molecule has 2 unspecified atom stereocenters. The van der Waals surface area contributed by atoms with Crippen molar-refractivity contribution < 1.29 is 5.11 Å². The van der Waals surface area contributed by atoms with Crippen molar-refractivity contribution in [1.82, 2.24) is 4.90 Å². The van der Waals surface area contributed by atoms with Crippen molar-refractivity contribution in [2.75, 3.05) is 13.1 Å². The molecule has 20 heavy (non-hydrogen) atoms. The number of phenols is 1. The van der Waals surface area contributed by atoms with Crippen molar-refractivity contribution >= 4 is 0 Å². The van der Waals surface area contributed by atoms with Gasteiger partial charge in [0.15, 0.2) is 0 Å². The van der Waals surface area contributed by atoms with Gasteiger partial charge in [-0.2, -0.15) is 0 Å². The smallest absolute Gasteiger partial charge is 0.115 e. The van der Waals surface area contributed by atoms with Gasteiger partial charge in [-0.1, -0.05) is 19.9 Å². The van der Waals surface area contributed by atoms with E-state index in [0.29, 0.717) is 17.7 Å². The minimum Gasteiger partial charge on any atom is -0.508 e. The van der Waals surface area contributed by atoms with Gasteiger partial charge >= 0.3 is 0 Å². The second kappa shape index (κ2) is 4.82. The Hall–Kier alpha value is -1.46. The van der Waals surface area contributed by atoms with Crippen molar-refractivity contribution in [3.8, 4) is 18.1 Å². The van der Waals surface area contributed by atoms with E-state index in [1.165, 1.54) is 11.1 Å². The molecular weight excluding hydrogens is 246 g/mol. The van der Waals surface area contributed by atoms with E-state index >= 15 is 0 Å². The fourth-order valence-electron chi connectivity index (χ4n) is 4.18. The molecule has 3 atom stereocenters. The third kappa shape index (κ3) is 1.93. The van der Waals surface area contributed by atoms with E-state index in [0.717, 1.165) is 32.4 Å². The zero-order valence-electron chi connectivity index (χ0n) is 12.4. The summed E-state index contributed by atoms with van der Waals surface area (Å²) in [5.41, 5.74) is 2.94. The predicted molar refractivity (Wildman–Crippen MR) is 81.8 cm³/mol. The lowest BCUT2D eigenvalue weighted by molar-refractivity contribution is 0.0330. The van der Waals surface area contributed by atoms with Crippen molar-refractivity contribution in [1.29, 1.82) is 0 Å². The van der Waals surface area contributed by atoms with Crippen LogP contribution < -0.4 is 0 Å². The lowest BCUT2D eigenvalue weighted by Gasteiger charge is -2.54. The largest absolute Gasteiger partial charge is 0.508 e. The van der Waals surface area contributed by atoms with Gasteiger partial charge < -0.3 is 5.11 Å². The van der Waals surface area contributed by atoms with Crippen LogP contribution in [0.5, 0.6) is 5.75 Å². The topological polar surface area (TPSA) is 23.5 Å². The van der Waals surface area contributed by atoms with Gasteiger partial charge in [-0.15, -0.1) is 12.3 Å². The SMILES string of the molecule is C#CCCN1CC[C@]2(C)c3cc(O)ccc3CC1C2C. The maximum Gasteiger partial charge on any atom is 0.115 e. The van der Waals surface area contributed by atoms with Gasteiger partial charge in [0.05, 0.1) is 0 Å². The molecule has 2 bridgehead atoms. The minimum atomic E-state index is 0.184. The van der Waals surface area contributed by atoms with Crippen molar-refractivity contribution in [3.05, 3.63) is 29.3 Å². The van der Waals surface area contributed by atoms with Crippen LogP contribution in [0.15, 0.2) is 18.2 Å². The summed E-state index contributed by atoms with van der Waals surface area (Å²) in [5.74, 6) is 3.76. The number of hydrogen-bond donors (Lipinski definition) is 1. The first kappa shape index (κ1) is 13.5. The lowest BCUT2D eigenvalue weighted by atomic mass is 9.59. The number of phenolic OH excluding ortho intramolecular Hbond substituents is 1. The number of rotatable bonds is 2. The Morgan fingerprint density at radius 2 is 2.30 bits per heavy atom. The number of hydrogen-bond acceptors (Lipinski definition) is 2. The van der Waals surface area contributed by atoms with Crippen LogP contribution in [0.2, 0.25) is 0 Å². The van der Waals surface area contributed by atoms with Crippen LogP contribution >= 0.6 is 0 Å². The highest BCUT2D eigenvalue weighted by atomic mass is 16.3. The number of aromatic hydroxyl groups is 1. The Labute approximate surface area is 121 Å². The summed E-state index contributed by atoms with van der Waals surface area (Å²) in [6.07, 6.45) is 8.48. The van der Waals surface area contributed by atoms with Crippen LogP contribution in [0.1, 0.15) is 37.8 Å². The van der Waals surface area contributed by atoms with E-state index in [-0.39, 0.29) is 5.41 Å². The highest BCUT2D eigenvalue weighted by Crippen LogP contribution is 2.49. The van der Waals surface area contributed by atoms with E-state index in [9.17, 15) is 5.11 Å². The molecule has 2 nitrogen and oxygen atoms in total. The first-order valence-corrected chi connectivity index (χ1v) is 7.56. The fraction of sp³-hybridized carbons (Fsp3) is 0.556. The molecule has 2 aliphatic rings. The van der Waals surface area contributed by atoms with E-state index in [1.54, 1.807) is 0 Å². The van der Waals surface area contributed by atoms with Gasteiger partial charge in [-0.3, -0.25) is 4.90 Å². The Balaban J connectivity index is 1.98. The first-order chi connectivity index (χ1) is 9.56. The zero-order valence-corrected chi connectivity index (χ0v) is 12.4. The summed E-state index contributed by atoms with van der Waals surface area (Å²) >= 11 is 0. The molecule has 0 spiro atoms. The Morgan fingerprint density at radius 1 is 1.50 bits per heavy atom. The molecule has 0 amide bonds. The third-order valence-corrected chi connectivity index (χ3v) is 5.65. The second-order valence-electron chi connectivity index (χ2n) is 6.56. The molecule has 1 aliphatic heterocycles. The number of benzene rings is 1. The van der Waals surface area contributed by atoms with Gasteiger partial charge in [0.25, 0.3) is 0 Å². The lowest BCUT2D eigenvalue weighted by Crippen LogP contribution is -2.58. The zero-order chi connectivity index (χ0) is 14.3. The Bertz CT molecular complexity index is 559. The van der Waals surface area contributed by atoms with E-state index in [4.69, 9.17) is 6.42 Å². The first-order valence-electron chi connectivity index (χ1n) is 7.56. The number of fused-ring (bicyclic) bond motifs is 4. The summed E-state index contributed by atoms with van der Waals surface area (Å²) in [6.45, 7) is 6.84. The molecule has 1 N–H and O–H groups in total. The number of likely N-dealkylation sites (tertiary alicyclic amines) is 1. The maximum absolute atomic E-state index is 9.82. The summed E-state index contributed by atoms with van der Waals surface area (Å²) in [6, 6.07) is 6.49. The van der Waals surface area contributed by atoms with E-state index < -0.39 is 0 Å². The van der Waals surface area contributed by atoms with Crippen LogP contribution in [0.3, 0.4) is 0 Å². The molecule has 3 rings (SSSR count). The third-order valence-electron chi connectivity index (χ3n) is 5.65. The summed E-state index contributed by atoms with van der Waals surface area (Å²) < 4.78 is 0. The Morgan fingerprint density at radius 3 is 3.05 bits per heavy atom. The number of nitrogens with zero attached hydrogens (tertiary/aromatic N) is 1. The van der Waals surface area contributed by atoms with Crippen LogP contribution in [-0.4, -0.2) is 29.1 Å². The van der Waals surface area contributed by atoms with Gasteiger partial charge in [0.1, 0.15) is 5.75 Å². The number of piperidine rings is 1. The van der Waals surface area contributed by atoms with Crippen molar-refractivity contribution in [2.45, 2.75) is 44.6 Å². The van der Waals surface area contributed by atoms with Crippen LogP contribution in [0.25, 0.3) is 0 Å². The molecule has 1 fully saturated rings. The average Bonchev–Trinajstić information content (AvgIpc) is 2.43. The highest BCUT2D eigenvalue weighted by molar-refractivity contribution is 5.44. The van der Waals surface area contributed by atoms with Crippen molar-refractivity contribution in [2.24, 2.45) is 5.92 Å². The highest BCUT2D eigenvalue weighted by Gasteiger charge is 2.48. The molecule has 1 aromatic carbocycles.